The Morgan fingerprint density at radius 3 is 2.61 bits per heavy atom. The van der Waals surface area contributed by atoms with E-state index in [9.17, 15) is 14.0 Å². The van der Waals surface area contributed by atoms with Gasteiger partial charge in [-0.1, -0.05) is 25.1 Å². The Morgan fingerprint density at radius 1 is 1.29 bits per heavy atom. The van der Waals surface area contributed by atoms with Crippen molar-refractivity contribution in [3.8, 4) is 0 Å². The minimum absolute atomic E-state index is 0.283. The number of aromatic nitrogens is 1. The monoisotopic (exact) mass is 384 g/mol. The number of carboxylic acid groups (broad SMARTS) is 1. The van der Waals surface area contributed by atoms with Crippen LogP contribution in [0.1, 0.15) is 65.7 Å². The van der Waals surface area contributed by atoms with Crippen molar-refractivity contribution in [1.82, 2.24) is 10.3 Å². The molecular formula is C22H25FN2O3. The molecule has 0 saturated heterocycles. The summed E-state index contributed by atoms with van der Waals surface area (Å²) in [6, 6.07) is 8.25. The molecule has 1 aliphatic rings. The second kappa shape index (κ2) is 8.95. The summed E-state index contributed by atoms with van der Waals surface area (Å²) in [5, 5.41) is 11.9. The fourth-order valence-electron chi connectivity index (χ4n) is 3.28. The molecule has 1 aromatic carbocycles. The summed E-state index contributed by atoms with van der Waals surface area (Å²) in [6.45, 7) is 2.10. The molecule has 1 aromatic heterocycles. The molecule has 28 heavy (non-hydrogen) atoms. The second-order valence-corrected chi connectivity index (χ2v) is 7.34. The number of hydrogen-bond acceptors (Lipinski definition) is 3. The van der Waals surface area contributed by atoms with E-state index in [1.165, 1.54) is 12.1 Å². The maximum Gasteiger partial charge on any atom is 0.306 e. The Bertz CT molecular complexity index is 847. The number of pyridine rings is 1. The first-order valence-electron chi connectivity index (χ1n) is 9.72. The van der Waals surface area contributed by atoms with E-state index in [1.807, 2.05) is 13.0 Å². The van der Waals surface area contributed by atoms with Gasteiger partial charge in [0.25, 0.3) is 5.91 Å². The lowest BCUT2D eigenvalue weighted by Crippen LogP contribution is -2.29. The number of carbonyl (C=O) groups excluding carboxylic acids is 1. The van der Waals surface area contributed by atoms with Crippen molar-refractivity contribution in [2.45, 2.75) is 44.9 Å². The Hall–Kier alpha value is -2.76. The van der Waals surface area contributed by atoms with Gasteiger partial charge in [0, 0.05) is 12.7 Å². The number of halogens is 1. The van der Waals surface area contributed by atoms with Crippen LogP contribution in [0.5, 0.6) is 0 Å². The summed E-state index contributed by atoms with van der Waals surface area (Å²) < 4.78 is 13.2. The van der Waals surface area contributed by atoms with E-state index in [2.05, 4.69) is 10.3 Å². The van der Waals surface area contributed by atoms with Gasteiger partial charge in [0.2, 0.25) is 0 Å². The maximum absolute atomic E-state index is 13.2. The van der Waals surface area contributed by atoms with E-state index in [4.69, 9.17) is 5.11 Å². The summed E-state index contributed by atoms with van der Waals surface area (Å²) in [7, 11) is 0. The number of nitrogens with zero attached hydrogens (tertiary/aromatic N) is 1. The number of benzene rings is 1. The average molecular weight is 384 g/mol. The normalized spacial score (nSPS) is 14.5. The highest BCUT2D eigenvalue weighted by Gasteiger charge is 2.26. The lowest BCUT2D eigenvalue weighted by Gasteiger charge is -2.13. The Kier molecular flexibility index (Phi) is 6.39. The van der Waals surface area contributed by atoms with Crippen LogP contribution in [0.2, 0.25) is 0 Å². The minimum Gasteiger partial charge on any atom is -0.481 e. The first kappa shape index (κ1) is 20.0. The molecule has 1 unspecified atom stereocenters. The highest BCUT2D eigenvalue weighted by Crippen LogP contribution is 2.40. The molecule has 1 aliphatic carbocycles. The van der Waals surface area contributed by atoms with Crippen LogP contribution < -0.4 is 5.32 Å². The van der Waals surface area contributed by atoms with E-state index >= 15 is 0 Å². The molecule has 3 rings (SSSR count). The van der Waals surface area contributed by atoms with Crippen LogP contribution in [0.15, 0.2) is 36.5 Å². The average Bonchev–Trinajstić information content (AvgIpc) is 3.52. The van der Waals surface area contributed by atoms with Crippen LogP contribution in [-0.4, -0.2) is 28.5 Å². The molecule has 0 spiro atoms. The summed E-state index contributed by atoms with van der Waals surface area (Å²) in [6.07, 6.45) is 5.42. The first-order valence-corrected chi connectivity index (χ1v) is 9.72. The number of rotatable bonds is 9. The first-order chi connectivity index (χ1) is 13.5. The van der Waals surface area contributed by atoms with Gasteiger partial charge >= 0.3 is 5.97 Å². The van der Waals surface area contributed by atoms with Crippen LogP contribution in [0.4, 0.5) is 4.39 Å². The molecule has 1 amide bonds. The molecule has 6 heteroatoms. The molecule has 2 N–H and O–H groups in total. The molecule has 0 bridgehead atoms. The van der Waals surface area contributed by atoms with Gasteiger partial charge in [0.05, 0.1) is 5.92 Å². The van der Waals surface area contributed by atoms with E-state index < -0.39 is 11.9 Å². The molecule has 1 fully saturated rings. The van der Waals surface area contributed by atoms with E-state index in [0.717, 1.165) is 29.5 Å². The Labute approximate surface area is 164 Å². The fourth-order valence-corrected chi connectivity index (χ4v) is 3.28. The van der Waals surface area contributed by atoms with Gasteiger partial charge in [-0.2, -0.15) is 0 Å². The van der Waals surface area contributed by atoms with Crippen molar-refractivity contribution < 1.29 is 19.1 Å². The zero-order valence-electron chi connectivity index (χ0n) is 16.0. The lowest BCUT2D eigenvalue weighted by molar-refractivity contribution is -0.142. The number of amides is 1. The summed E-state index contributed by atoms with van der Waals surface area (Å²) in [4.78, 5) is 28.2. The van der Waals surface area contributed by atoms with Crippen LogP contribution in [0.25, 0.3) is 0 Å². The summed E-state index contributed by atoms with van der Waals surface area (Å²) in [5.74, 6) is -1.41. The number of nitrogens with one attached hydrogen (secondary N) is 1. The number of hydrogen-bond donors (Lipinski definition) is 2. The molecule has 148 valence electrons. The van der Waals surface area contributed by atoms with E-state index in [0.29, 0.717) is 30.9 Å². The largest absolute Gasteiger partial charge is 0.481 e. The molecular weight excluding hydrogens is 359 g/mol. The van der Waals surface area contributed by atoms with Crippen molar-refractivity contribution in [3.05, 3.63) is 64.7 Å². The number of aliphatic carboxylic acids is 1. The van der Waals surface area contributed by atoms with Gasteiger partial charge < -0.3 is 10.4 Å². The maximum atomic E-state index is 13.2. The minimum atomic E-state index is -0.847. The Balaban J connectivity index is 1.74. The van der Waals surface area contributed by atoms with Gasteiger partial charge in [0.15, 0.2) is 0 Å². The molecule has 1 saturated carbocycles. The van der Waals surface area contributed by atoms with Gasteiger partial charge in [-0.05, 0) is 66.8 Å². The van der Waals surface area contributed by atoms with Crippen molar-refractivity contribution in [2.75, 3.05) is 6.54 Å². The predicted molar refractivity (Wildman–Crippen MR) is 104 cm³/mol. The van der Waals surface area contributed by atoms with E-state index in [-0.39, 0.29) is 18.3 Å². The SMILES string of the molecule is CCC(CCNC(=O)c1ncc(C2CC2)cc1Cc1ccc(F)cc1)C(=O)O. The summed E-state index contributed by atoms with van der Waals surface area (Å²) in [5.41, 5.74) is 3.18. The van der Waals surface area contributed by atoms with Gasteiger partial charge in [0.1, 0.15) is 11.5 Å². The van der Waals surface area contributed by atoms with Crippen molar-refractivity contribution in [1.29, 1.82) is 0 Å². The molecule has 1 atom stereocenters. The smallest absolute Gasteiger partial charge is 0.306 e. The molecule has 2 aromatic rings. The standard InChI is InChI=1S/C22H25FN2O3/c1-2-15(22(27)28)9-10-24-21(26)20-17(11-14-3-7-19(23)8-4-14)12-18(13-25-20)16-5-6-16/h3-4,7-8,12-13,15-16H,2,5-6,9-11H2,1H3,(H,24,26)(H,27,28). The van der Waals surface area contributed by atoms with Crippen molar-refractivity contribution in [2.24, 2.45) is 5.92 Å². The summed E-state index contributed by atoms with van der Waals surface area (Å²) >= 11 is 0. The van der Waals surface area contributed by atoms with Crippen LogP contribution in [0.3, 0.4) is 0 Å². The van der Waals surface area contributed by atoms with Gasteiger partial charge in [-0.3, -0.25) is 14.6 Å². The molecule has 0 aliphatic heterocycles. The third-order valence-corrected chi connectivity index (χ3v) is 5.18. The molecule has 5 nitrogen and oxygen atoms in total. The van der Waals surface area contributed by atoms with Crippen LogP contribution in [-0.2, 0) is 11.2 Å². The highest BCUT2D eigenvalue weighted by atomic mass is 19.1. The zero-order valence-corrected chi connectivity index (χ0v) is 16.0. The fraction of sp³-hybridized carbons (Fsp3) is 0.409. The third kappa shape index (κ3) is 5.15. The second-order valence-electron chi connectivity index (χ2n) is 7.34. The topological polar surface area (TPSA) is 79.3 Å². The van der Waals surface area contributed by atoms with E-state index in [1.54, 1.807) is 18.3 Å². The van der Waals surface area contributed by atoms with Crippen molar-refractivity contribution in [3.63, 3.8) is 0 Å². The Morgan fingerprint density at radius 2 is 2.00 bits per heavy atom. The molecule has 0 radical (unpaired) electrons. The van der Waals surface area contributed by atoms with Crippen LogP contribution >= 0.6 is 0 Å². The van der Waals surface area contributed by atoms with Crippen molar-refractivity contribution >= 4 is 11.9 Å². The lowest BCUT2D eigenvalue weighted by atomic mass is 9.99. The number of carbonyl (C=O) groups is 2. The third-order valence-electron chi connectivity index (χ3n) is 5.18. The van der Waals surface area contributed by atoms with Gasteiger partial charge in [-0.15, -0.1) is 0 Å². The molecule has 1 heterocycles. The quantitative estimate of drug-likeness (QED) is 0.687. The highest BCUT2D eigenvalue weighted by molar-refractivity contribution is 5.93. The zero-order chi connectivity index (χ0) is 20.1. The predicted octanol–water partition coefficient (Wildman–Crippen LogP) is 3.92. The van der Waals surface area contributed by atoms with Crippen LogP contribution in [0, 0.1) is 11.7 Å². The number of carboxylic acids is 1. The van der Waals surface area contributed by atoms with Gasteiger partial charge in [-0.25, -0.2) is 4.39 Å².